The molecule has 0 aliphatic carbocycles. The van der Waals surface area contributed by atoms with E-state index >= 15 is 0 Å². The van der Waals surface area contributed by atoms with Crippen LogP contribution in [0.25, 0.3) is 0 Å². The number of nitrogens with one attached hydrogen (secondary N) is 1. The highest BCUT2D eigenvalue weighted by Crippen LogP contribution is 2.17. The molecule has 21 heavy (non-hydrogen) atoms. The first-order chi connectivity index (χ1) is 10.2. The fourth-order valence-corrected chi connectivity index (χ4v) is 2.04. The first-order valence-corrected chi connectivity index (χ1v) is 7.05. The Morgan fingerprint density at radius 2 is 2.24 bits per heavy atom. The maximum Gasteiger partial charge on any atom is 0.258 e. The lowest BCUT2D eigenvalue weighted by Crippen LogP contribution is -2.41. The minimum absolute atomic E-state index is 0.104. The molecule has 6 nitrogen and oxygen atoms in total. The summed E-state index contributed by atoms with van der Waals surface area (Å²) in [5.74, 6) is 0.263. The van der Waals surface area contributed by atoms with E-state index in [1.807, 2.05) is 6.07 Å². The van der Waals surface area contributed by atoms with E-state index in [-0.39, 0.29) is 23.6 Å². The predicted octanol–water partition coefficient (Wildman–Crippen LogP) is 0.231. The van der Waals surface area contributed by atoms with Crippen LogP contribution in [-0.2, 0) is 14.3 Å². The molecule has 114 valence electrons. The van der Waals surface area contributed by atoms with Crippen LogP contribution in [0.3, 0.4) is 0 Å². The Bertz CT molecular complexity index is 504. The van der Waals surface area contributed by atoms with Gasteiger partial charge in [0.05, 0.1) is 31.5 Å². The molecule has 1 atom stereocenters. The van der Waals surface area contributed by atoms with Gasteiger partial charge in [0.25, 0.3) is 5.91 Å². The van der Waals surface area contributed by atoms with Crippen molar-refractivity contribution in [3.8, 4) is 5.75 Å². The summed E-state index contributed by atoms with van der Waals surface area (Å²) in [5.41, 5.74) is 6.21. The van der Waals surface area contributed by atoms with Crippen LogP contribution in [0.2, 0.25) is 0 Å². The number of nitrogens with two attached hydrogens (primary N) is 1. The summed E-state index contributed by atoms with van der Waals surface area (Å²) < 4.78 is 16.1. The molecular formula is C14H18N2O4S. The van der Waals surface area contributed by atoms with Crippen LogP contribution in [0.15, 0.2) is 24.3 Å². The second kappa shape index (κ2) is 7.92. The first-order valence-electron chi connectivity index (χ1n) is 6.64. The van der Waals surface area contributed by atoms with Gasteiger partial charge in [0, 0.05) is 6.54 Å². The summed E-state index contributed by atoms with van der Waals surface area (Å²) >= 11 is 4.93. The third-order valence-corrected chi connectivity index (χ3v) is 3.14. The zero-order chi connectivity index (χ0) is 15.1. The maximum absolute atomic E-state index is 11.7. The van der Waals surface area contributed by atoms with Gasteiger partial charge in [-0.2, -0.15) is 0 Å². The Labute approximate surface area is 128 Å². The molecular weight excluding hydrogens is 292 g/mol. The molecule has 3 N–H and O–H groups in total. The molecule has 7 heteroatoms. The highest BCUT2D eigenvalue weighted by Gasteiger charge is 2.15. The molecule has 0 bridgehead atoms. The van der Waals surface area contributed by atoms with Gasteiger partial charge in [-0.25, -0.2) is 0 Å². The number of thiocarbonyl (C=S) groups is 1. The van der Waals surface area contributed by atoms with Gasteiger partial charge in [-0.05, 0) is 12.1 Å². The van der Waals surface area contributed by atoms with Crippen molar-refractivity contribution in [1.29, 1.82) is 0 Å². The largest absolute Gasteiger partial charge is 0.483 e. The SMILES string of the molecule is NC(=S)c1ccccc1OCC(=O)NCC1COCCO1. The summed E-state index contributed by atoms with van der Waals surface area (Å²) in [6, 6.07) is 7.08. The molecule has 0 radical (unpaired) electrons. The molecule has 2 rings (SSSR count). The Morgan fingerprint density at radius 3 is 2.95 bits per heavy atom. The van der Waals surface area contributed by atoms with Gasteiger partial charge in [-0.15, -0.1) is 0 Å². The minimum atomic E-state index is -0.234. The van der Waals surface area contributed by atoms with Gasteiger partial charge in [0.1, 0.15) is 10.7 Å². The van der Waals surface area contributed by atoms with Gasteiger partial charge in [0.2, 0.25) is 0 Å². The Hall–Kier alpha value is -1.70. The van der Waals surface area contributed by atoms with Crippen molar-refractivity contribution < 1.29 is 19.0 Å². The van der Waals surface area contributed by atoms with Crippen molar-refractivity contribution in [3.63, 3.8) is 0 Å². The summed E-state index contributed by atoms with van der Waals surface area (Å²) in [5, 5.41) is 2.74. The van der Waals surface area contributed by atoms with Crippen molar-refractivity contribution in [2.24, 2.45) is 5.73 Å². The molecule has 1 amide bonds. The molecule has 1 unspecified atom stereocenters. The molecule has 0 saturated carbocycles. The van der Waals surface area contributed by atoms with Crippen molar-refractivity contribution in [2.45, 2.75) is 6.10 Å². The number of carbonyl (C=O) groups is 1. The van der Waals surface area contributed by atoms with Crippen molar-refractivity contribution >= 4 is 23.1 Å². The number of ether oxygens (including phenoxy) is 3. The number of carbonyl (C=O) groups excluding carboxylic acids is 1. The monoisotopic (exact) mass is 310 g/mol. The Kier molecular flexibility index (Phi) is 5.91. The van der Waals surface area contributed by atoms with Crippen LogP contribution in [0.5, 0.6) is 5.75 Å². The van der Waals surface area contributed by atoms with Crippen LogP contribution in [0.1, 0.15) is 5.56 Å². The first kappa shape index (κ1) is 15.7. The fourth-order valence-electron chi connectivity index (χ4n) is 1.87. The number of hydrogen-bond acceptors (Lipinski definition) is 5. The normalized spacial score (nSPS) is 18.0. The van der Waals surface area contributed by atoms with E-state index in [1.165, 1.54) is 0 Å². The highest BCUT2D eigenvalue weighted by atomic mass is 32.1. The van der Waals surface area contributed by atoms with Crippen LogP contribution >= 0.6 is 12.2 Å². The molecule has 1 heterocycles. The second-order valence-corrected chi connectivity index (χ2v) is 4.96. The smallest absolute Gasteiger partial charge is 0.258 e. The standard InChI is InChI=1S/C14H18N2O4S/c15-14(21)11-3-1-2-4-12(11)20-9-13(17)16-7-10-8-18-5-6-19-10/h1-4,10H,5-9H2,(H2,15,21)(H,16,17). The molecule has 1 saturated heterocycles. The van der Waals surface area contributed by atoms with Gasteiger partial charge in [0.15, 0.2) is 6.61 Å². The van der Waals surface area contributed by atoms with E-state index < -0.39 is 0 Å². The number of hydrogen-bond donors (Lipinski definition) is 2. The summed E-state index contributed by atoms with van der Waals surface area (Å²) in [6.07, 6.45) is -0.105. The predicted molar refractivity (Wildman–Crippen MR) is 81.4 cm³/mol. The summed E-state index contributed by atoms with van der Waals surface area (Å²) in [6.45, 7) is 1.94. The zero-order valence-electron chi connectivity index (χ0n) is 11.5. The third kappa shape index (κ3) is 4.96. The van der Waals surface area contributed by atoms with E-state index in [0.717, 1.165) is 0 Å². The lowest BCUT2D eigenvalue weighted by Gasteiger charge is -2.23. The van der Waals surface area contributed by atoms with Crippen LogP contribution in [-0.4, -0.2) is 50.0 Å². The van der Waals surface area contributed by atoms with Gasteiger partial charge < -0.3 is 25.3 Å². The molecule has 1 aliphatic heterocycles. The molecule has 0 spiro atoms. The van der Waals surface area contributed by atoms with Gasteiger partial charge in [-0.3, -0.25) is 4.79 Å². The average molecular weight is 310 g/mol. The number of rotatable bonds is 6. The van der Waals surface area contributed by atoms with Crippen LogP contribution in [0, 0.1) is 0 Å². The molecule has 1 fully saturated rings. The lowest BCUT2D eigenvalue weighted by molar-refractivity contribution is -0.125. The molecule has 1 aliphatic rings. The number of para-hydroxylation sites is 1. The van der Waals surface area contributed by atoms with E-state index in [4.69, 9.17) is 32.2 Å². The Morgan fingerprint density at radius 1 is 1.43 bits per heavy atom. The number of benzene rings is 1. The molecule has 1 aromatic rings. The fraction of sp³-hybridized carbons (Fsp3) is 0.429. The topological polar surface area (TPSA) is 82.8 Å². The van der Waals surface area contributed by atoms with Gasteiger partial charge >= 0.3 is 0 Å². The maximum atomic E-state index is 11.7. The van der Waals surface area contributed by atoms with Crippen molar-refractivity contribution in [2.75, 3.05) is 33.0 Å². The minimum Gasteiger partial charge on any atom is -0.483 e. The van der Waals surface area contributed by atoms with Crippen LogP contribution in [0.4, 0.5) is 0 Å². The van der Waals surface area contributed by atoms with Crippen molar-refractivity contribution in [3.05, 3.63) is 29.8 Å². The second-order valence-electron chi connectivity index (χ2n) is 4.52. The van der Waals surface area contributed by atoms with Gasteiger partial charge in [-0.1, -0.05) is 24.4 Å². The lowest BCUT2D eigenvalue weighted by atomic mass is 10.2. The van der Waals surface area contributed by atoms with Crippen LogP contribution < -0.4 is 15.8 Å². The summed E-state index contributed by atoms with van der Waals surface area (Å²) in [7, 11) is 0. The third-order valence-electron chi connectivity index (χ3n) is 2.92. The average Bonchev–Trinajstić information content (AvgIpc) is 2.52. The zero-order valence-corrected chi connectivity index (χ0v) is 12.4. The van der Waals surface area contributed by atoms with E-state index in [2.05, 4.69) is 5.32 Å². The highest BCUT2D eigenvalue weighted by molar-refractivity contribution is 7.80. The quantitative estimate of drug-likeness (QED) is 0.732. The Balaban J connectivity index is 1.77. The number of amides is 1. The van der Waals surface area contributed by atoms with Crippen molar-refractivity contribution in [1.82, 2.24) is 5.32 Å². The summed E-state index contributed by atoms with van der Waals surface area (Å²) in [4.78, 5) is 12.0. The van der Waals surface area contributed by atoms with E-state index in [9.17, 15) is 4.79 Å². The van der Waals surface area contributed by atoms with E-state index in [1.54, 1.807) is 18.2 Å². The molecule has 1 aromatic carbocycles. The van der Waals surface area contributed by atoms with E-state index in [0.29, 0.717) is 37.7 Å². The molecule has 0 aromatic heterocycles.